The molecule has 0 heterocycles. The van der Waals surface area contributed by atoms with Crippen LogP contribution in [0.5, 0.6) is 0 Å². The summed E-state index contributed by atoms with van der Waals surface area (Å²) in [5.41, 5.74) is 7.93. The highest BCUT2D eigenvalue weighted by Gasteiger charge is 1.98. The summed E-state index contributed by atoms with van der Waals surface area (Å²) >= 11 is 5.96. The molecule has 0 aliphatic rings. The molecular weight excluding hydrogens is 234 g/mol. The summed E-state index contributed by atoms with van der Waals surface area (Å²) in [4.78, 5) is 4.28. The van der Waals surface area contributed by atoms with E-state index in [9.17, 15) is 0 Å². The largest absolute Gasteiger partial charge is 0.370 e. The first-order chi connectivity index (χ1) is 7.99. The van der Waals surface area contributed by atoms with E-state index in [0.29, 0.717) is 18.4 Å². The van der Waals surface area contributed by atoms with Gasteiger partial charge in [-0.15, -0.1) is 0 Å². The second kappa shape index (κ2) is 6.50. The fourth-order valence-corrected chi connectivity index (χ4v) is 1.46. The Hall–Kier alpha value is -1.22. The van der Waals surface area contributed by atoms with Crippen LogP contribution in [0.25, 0.3) is 0 Å². The minimum atomic E-state index is 0.492. The van der Waals surface area contributed by atoms with E-state index in [1.54, 1.807) is 0 Å². The highest BCUT2D eigenvalue weighted by molar-refractivity contribution is 6.31. The predicted molar refractivity (Wildman–Crippen MR) is 74.4 cm³/mol. The van der Waals surface area contributed by atoms with Gasteiger partial charge in [-0.3, -0.25) is 0 Å². The Morgan fingerprint density at radius 1 is 1.47 bits per heavy atom. The number of aliphatic imine (C=N–C) groups is 1. The summed E-state index contributed by atoms with van der Waals surface area (Å²) < 4.78 is 0. The quantitative estimate of drug-likeness (QED) is 0.640. The first-order valence-electron chi connectivity index (χ1n) is 5.78. The topological polar surface area (TPSA) is 50.4 Å². The molecule has 0 atom stereocenters. The van der Waals surface area contributed by atoms with Gasteiger partial charge in [0.1, 0.15) is 0 Å². The Bertz CT molecular complexity index is 400. The van der Waals surface area contributed by atoms with Crippen molar-refractivity contribution in [1.82, 2.24) is 5.32 Å². The number of benzene rings is 1. The standard InChI is InChI=1S/C13H20ClN3/c1-9(2)7-16-13(15)17-8-11-4-5-12(14)10(3)6-11/h4-6,9H,7-8H2,1-3H3,(H3,15,16,17). The fourth-order valence-electron chi connectivity index (χ4n) is 1.35. The van der Waals surface area contributed by atoms with E-state index in [4.69, 9.17) is 17.3 Å². The summed E-state index contributed by atoms with van der Waals surface area (Å²) in [6, 6.07) is 5.88. The number of guanidine groups is 1. The van der Waals surface area contributed by atoms with Crippen molar-refractivity contribution in [3.8, 4) is 0 Å². The van der Waals surface area contributed by atoms with Crippen molar-refractivity contribution in [1.29, 1.82) is 0 Å². The summed E-state index contributed by atoms with van der Waals surface area (Å²) in [7, 11) is 0. The molecule has 0 spiro atoms. The first-order valence-corrected chi connectivity index (χ1v) is 6.15. The van der Waals surface area contributed by atoms with E-state index < -0.39 is 0 Å². The lowest BCUT2D eigenvalue weighted by Crippen LogP contribution is -2.34. The molecule has 0 aromatic heterocycles. The Kier molecular flexibility index (Phi) is 5.29. The van der Waals surface area contributed by atoms with Gasteiger partial charge in [-0.05, 0) is 30.0 Å². The summed E-state index contributed by atoms with van der Waals surface area (Å²) in [5, 5.41) is 3.86. The predicted octanol–water partition coefficient (Wildman–Crippen LogP) is 2.71. The van der Waals surface area contributed by atoms with Crippen LogP contribution in [0, 0.1) is 12.8 Å². The van der Waals surface area contributed by atoms with Gasteiger partial charge in [0.05, 0.1) is 6.54 Å². The number of nitrogens with zero attached hydrogens (tertiary/aromatic N) is 1. The molecule has 0 bridgehead atoms. The Balaban J connectivity index is 2.53. The molecule has 0 unspecified atom stereocenters. The van der Waals surface area contributed by atoms with E-state index in [-0.39, 0.29) is 0 Å². The van der Waals surface area contributed by atoms with Crippen molar-refractivity contribution in [3.05, 3.63) is 34.3 Å². The number of hydrogen-bond donors (Lipinski definition) is 2. The molecule has 0 saturated heterocycles. The molecule has 0 aliphatic heterocycles. The molecule has 0 saturated carbocycles. The van der Waals surface area contributed by atoms with Crippen LogP contribution < -0.4 is 11.1 Å². The lowest BCUT2D eigenvalue weighted by molar-refractivity contribution is 0.622. The van der Waals surface area contributed by atoms with Gasteiger partial charge in [-0.2, -0.15) is 0 Å². The second-order valence-corrected chi connectivity index (χ2v) is 4.97. The Labute approximate surface area is 108 Å². The molecule has 3 nitrogen and oxygen atoms in total. The molecule has 17 heavy (non-hydrogen) atoms. The first kappa shape index (κ1) is 13.8. The normalized spacial score (nSPS) is 11.9. The maximum Gasteiger partial charge on any atom is 0.188 e. The smallest absolute Gasteiger partial charge is 0.188 e. The SMILES string of the molecule is Cc1cc(CN=C(N)NCC(C)C)ccc1Cl. The number of halogens is 1. The molecule has 1 rings (SSSR count). The van der Waals surface area contributed by atoms with Crippen LogP contribution in [0.15, 0.2) is 23.2 Å². The van der Waals surface area contributed by atoms with E-state index in [1.807, 2.05) is 25.1 Å². The van der Waals surface area contributed by atoms with Gasteiger partial charge in [0, 0.05) is 11.6 Å². The van der Waals surface area contributed by atoms with Gasteiger partial charge in [0.2, 0.25) is 0 Å². The zero-order chi connectivity index (χ0) is 12.8. The van der Waals surface area contributed by atoms with Crippen molar-refractivity contribution < 1.29 is 0 Å². The minimum Gasteiger partial charge on any atom is -0.370 e. The molecule has 0 radical (unpaired) electrons. The van der Waals surface area contributed by atoms with Crippen molar-refractivity contribution in [3.63, 3.8) is 0 Å². The third-order valence-corrected chi connectivity index (χ3v) is 2.77. The highest BCUT2D eigenvalue weighted by Crippen LogP contribution is 2.16. The van der Waals surface area contributed by atoms with Gasteiger partial charge < -0.3 is 11.1 Å². The number of hydrogen-bond acceptors (Lipinski definition) is 1. The van der Waals surface area contributed by atoms with E-state index in [2.05, 4.69) is 24.2 Å². The van der Waals surface area contributed by atoms with Crippen LogP contribution in [0.4, 0.5) is 0 Å². The summed E-state index contributed by atoms with van der Waals surface area (Å²) in [6.45, 7) is 7.66. The molecule has 1 aromatic carbocycles. The molecule has 0 amide bonds. The van der Waals surface area contributed by atoms with E-state index in [1.165, 1.54) is 0 Å². The minimum absolute atomic E-state index is 0.492. The van der Waals surface area contributed by atoms with Gasteiger partial charge in [-0.25, -0.2) is 4.99 Å². The van der Waals surface area contributed by atoms with Gasteiger partial charge in [0.25, 0.3) is 0 Å². The number of nitrogens with two attached hydrogens (primary N) is 1. The molecule has 0 aliphatic carbocycles. The zero-order valence-corrected chi connectivity index (χ0v) is 11.4. The van der Waals surface area contributed by atoms with Gasteiger partial charge in [-0.1, -0.05) is 37.6 Å². The van der Waals surface area contributed by atoms with Crippen LogP contribution in [0.3, 0.4) is 0 Å². The highest BCUT2D eigenvalue weighted by atomic mass is 35.5. The van der Waals surface area contributed by atoms with Gasteiger partial charge >= 0.3 is 0 Å². The molecule has 4 heteroatoms. The molecular formula is C13H20ClN3. The average Bonchev–Trinajstić information content (AvgIpc) is 2.28. The Morgan fingerprint density at radius 3 is 2.76 bits per heavy atom. The van der Waals surface area contributed by atoms with Crippen LogP contribution in [-0.2, 0) is 6.54 Å². The zero-order valence-electron chi connectivity index (χ0n) is 10.6. The average molecular weight is 254 g/mol. The van der Waals surface area contributed by atoms with E-state index in [0.717, 1.165) is 22.7 Å². The van der Waals surface area contributed by atoms with Crippen LogP contribution in [0.1, 0.15) is 25.0 Å². The second-order valence-electron chi connectivity index (χ2n) is 4.56. The summed E-state index contributed by atoms with van der Waals surface area (Å²) in [6.07, 6.45) is 0. The van der Waals surface area contributed by atoms with Crippen molar-refractivity contribution in [2.75, 3.05) is 6.54 Å². The number of rotatable bonds is 4. The molecule has 1 aromatic rings. The van der Waals surface area contributed by atoms with E-state index >= 15 is 0 Å². The van der Waals surface area contributed by atoms with Crippen molar-refractivity contribution >= 4 is 17.6 Å². The monoisotopic (exact) mass is 253 g/mol. The maximum atomic E-state index is 5.96. The van der Waals surface area contributed by atoms with Crippen molar-refractivity contribution in [2.24, 2.45) is 16.6 Å². The third kappa shape index (κ3) is 5.09. The number of nitrogens with one attached hydrogen (secondary N) is 1. The van der Waals surface area contributed by atoms with Crippen LogP contribution in [0.2, 0.25) is 5.02 Å². The van der Waals surface area contributed by atoms with Crippen LogP contribution >= 0.6 is 11.6 Å². The maximum absolute atomic E-state index is 5.96. The lowest BCUT2D eigenvalue weighted by atomic mass is 10.1. The van der Waals surface area contributed by atoms with Crippen LogP contribution in [-0.4, -0.2) is 12.5 Å². The fraction of sp³-hybridized carbons (Fsp3) is 0.462. The molecule has 3 N–H and O–H groups in total. The lowest BCUT2D eigenvalue weighted by Gasteiger charge is -2.08. The summed E-state index contributed by atoms with van der Waals surface area (Å²) in [5.74, 6) is 1.05. The van der Waals surface area contributed by atoms with Crippen molar-refractivity contribution in [2.45, 2.75) is 27.3 Å². The van der Waals surface area contributed by atoms with Gasteiger partial charge in [0.15, 0.2) is 5.96 Å². The molecule has 0 fully saturated rings. The number of aryl methyl sites for hydroxylation is 1. The Morgan fingerprint density at radius 2 is 2.18 bits per heavy atom. The third-order valence-electron chi connectivity index (χ3n) is 2.35. The molecule has 94 valence electrons.